The van der Waals surface area contributed by atoms with Gasteiger partial charge in [0.05, 0.1) is 0 Å². The van der Waals surface area contributed by atoms with Crippen molar-refractivity contribution in [2.24, 2.45) is 11.8 Å². The minimum Gasteiger partial charge on any atom is -0.399 e. The van der Waals surface area contributed by atoms with Gasteiger partial charge in [-0.25, -0.2) is 0 Å². The van der Waals surface area contributed by atoms with E-state index >= 15 is 0 Å². The number of hydrogen-bond acceptors (Lipinski definition) is 4. The second-order valence-electron chi connectivity index (χ2n) is 6.28. The van der Waals surface area contributed by atoms with Crippen molar-refractivity contribution in [3.05, 3.63) is 41.5 Å². The molecule has 21 heavy (non-hydrogen) atoms. The lowest BCUT2D eigenvalue weighted by atomic mass is 9.88. The van der Waals surface area contributed by atoms with E-state index in [0.717, 1.165) is 28.9 Å². The van der Waals surface area contributed by atoms with Crippen LogP contribution in [0, 0.1) is 11.8 Å². The first-order chi connectivity index (χ1) is 10.3. The van der Waals surface area contributed by atoms with Crippen molar-refractivity contribution in [3.8, 4) is 0 Å². The minimum atomic E-state index is 0.516. The van der Waals surface area contributed by atoms with Crippen molar-refractivity contribution in [3.63, 3.8) is 0 Å². The van der Waals surface area contributed by atoms with E-state index in [1.807, 2.05) is 36.4 Å². The van der Waals surface area contributed by atoms with Gasteiger partial charge in [-0.3, -0.25) is 0 Å². The van der Waals surface area contributed by atoms with Gasteiger partial charge in [0, 0.05) is 17.7 Å². The summed E-state index contributed by atoms with van der Waals surface area (Å²) in [7, 11) is 0. The van der Waals surface area contributed by atoms with Gasteiger partial charge in [0.2, 0.25) is 0 Å². The van der Waals surface area contributed by atoms with E-state index in [2.05, 4.69) is 10.1 Å². The average Bonchev–Trinajstić information content (AvgIpc) is 3.21. The van der Waals surface area contributed by atoms with Gasteiger partial charge in [0.25, 0.3) is 5.89 Å². The molecule has 3 unspecified atom stereocenters. The summed E-state index contributed by atoms with van der Waals surface area (Å²) in [5, 5.41) is 4.18. The summed E-state index contributed by atoms with van der Waals surface area (Å²) in [4.78, 5) is 4.55. The fourth-order valence-electron chi connectivity index (χ4n) is 3.86. The summed E-state index contributed by atoms with van der Waals surface area (Å²) in [6.45, 7) is 0. The standard InChI is InChI=1S/C17H19N3O/c18-14-3-1-2-11(9-14)5-7-16-19-17(20-21-16)15-10-12-4-6-13(15)8-12/h1-3,5,7,9,12-13,15H,4,6,8,10,18H2/b7-5+. The molecule has 2 aliphatic carbocycles. The first-order valence-electron chi connectivity index (χ1n) is 7.65. The van der Waals surface area contributed by atoms with Crippen LogP contribution in [0.5, 0.6) is 0 Å². The topological polar surface area (TPSA) is 64.9 Å². The Hall–Kier alpha value is -2.10. The van der Waals surface area contributed by atoms with Crippen LogP contribution in [0.3, 0.4) is 0 Å². The first kappa shape index (κ1) is 12.6. The molecule has 0 aliphatic heterocycles. The number of nitrogens with zero attached hydrogens (tertiary/aromatic N) is 2. The van der Waals surface area contributed by atoms with Crippen LogP contribution < -0.4 is 5.73 Å². The second-order valence-corrected chi connectivity index (χ2v) is 6.28. The van der Waals surface area contributed by atoms with E-state index in [0.29, 0.717) is 11.8 Å². The van der Waals surface area contributed by atoms with Crippen LogP contribution in [0.1, 0.15) is 48.9 Å². The number of aromatic nitrogens is 2. The van der Waals surface area contributed by atoms with Crippen molar-refractivity contribution in [1.82, 2.24) is 10.1 Å². The summed E-state index contributed by atoms with van der Waals surface area (Å²) in [6.07, 6.45) is 9.13. The summed E-state index contributed by atoms with van der Waals surface area (Å²) >= 11 is 0. The van der Waals surface area contributed by atoms with Crippen molar-refractivity contribution in [1.29, 1.82) is 0 Å². The Balaban J connectivity index is 1.50. The van der Waals surface area contributed by atoms with Crippen LogP contribution in [-0.2, 0) is 0 Å². The van der Waals surface area contributed by atoms with Crippen molar-refractivity contribution in [2.75, 3.05) is 5.73 Å². The van der Waals surface area contributed by atoms with Crippen molar-refractivity contribution < 1.29 is 4.52 Å². The Morgan fingerprint density at radius 2 is 2.14 bits per heavy atom. The highest BCUT2D eigenvalue weighted by molar-refractivity contribution is 5.67. The Labute approximate surface area is 124 Å². The van der Waals surface area contributed by atoms with Gasteiger partial charge in [-0.05, 0) is 54.9 Å². The minimum absolute atomic E-state index is 0.516. The maximum Gasteiger partial charge on any atom is 0.250 e. The number of rotatable bonds is 3. The van der Waals surface area contributed by atoms with Crippen LogP contribution in [-0.4, -0.2) is 10.1 Å². The van der Waals surface area contributed by atoms with Gasteiger partial charge in [-0.2, -0.15) is 4.98 Å². The summed E-state index contributed by atoms with van der Waals surface area (Å²) in [5.41, 5.74) is 7.56. The van der Waals surface area contributed by atoms with Crippen LogP contribution in [0.25, 0.3) is 12.2 Å². The molecule has 0 saturated heterocycles. The number of hydrogen-bond donors (Lipinski definition) is 1. The SMILES string of the molecule is Nc1cccc(/C=C/c2nc(C3CC4CCC3C4)no2)c1. The molecule has 4 heteroatoms. The van der Waals surface area contributed by atoms with Crippen molar-refractivity contribution >= 4 is 17.8 Å². The summed E-state index contributed by atoms with van der Waals surface area (Å²) < 4.78 is 5.36. The number of nitrogens with two attached hydrogens (primary N) is 1. The third kappa shape index (κ3) is 2.46. The molecule has 2 saturated carbocycles. The molecule has 2 aromatic rings. The molecule has 1 aromatic heterocycles. The maximum absolute atomic E-state index is 5.76. The number of nitrogen functional groups attached to an aromatic ring is 1. The fourth-order valence-corrected chi connectivity index (χ4v) is 3.86. The summed E-state index contributed by atoms with van der Waals surface area (Å²) in [6, 6.07) is 7.73. The van der Waals surface area contributed by atoms with Gasteiger partial charge in [0.1, 0.15) is 0 Å². The monoisotopic (exact) mass is 281 g/mol. The number of anilines is 1. The highest BCUT2D eigenvalue weighted by Gasteiger charge is 2.42. The zero-order chi connectivity index (χ0) is 14.2. The Kier molecular flexibility index (Phi) is 3.02. The van der Waals surface area contributed by atoms with E-state index in [4.69, 9.17) is 10.3 Å². The lowest BCUT2D eigenvalue weighted by Gasteiger charge is -2.17. The Bertz CT molecular complexity index is 676. The molecule has 0 amide bonds. The molecule has 4 nitrogen and oxygen atoms in total. The molecule has 2 bridgehead atoms. The Morgan fingerprint density at radius 3 is 2.90 bits per heavy atom. The summed E-state index contributed by atoms with van der Waals surface area (Å²) in [5.74, 6) is 3.66. The molecule has 108 valence electrons. The molecular weight excluding hydrogens is 262 g/mol. The molecule has 1 heterocycles. The Morgan fingerprint density at radius 1 is 1.19 bits per heavy atom. The van der Waals surface area contributed by atoms with Crippen LogP contribution in [0.4, 0.5) is 5.69 Å². The highest BCUT2D eigenvalue weighted by atomic mass is 16.5. The average molecular weight is 281 g/mol. The van der Waals surface area contributed by atoms with Gasteiger partial charge >= 0.3 is 0 Å². The van der Waals surface area contributed by atoms with E-state index in [-0.39, 0.29) is 0 Å². The van der Waals surface area contributed by atoms with Crippen LogP contribution >= 0.6 is 0 Å². The fraction of sp³-hybridized carbons (Fsp3) is 0.412. The molecule has 0 radical (unpaired) electrons. The quantitative estimate of drug-likeness (QED) is 0.871. The third-order valence-electron chi connectivity index (χ3n) is 4.86. The molecule has 2 N–H and O–H groups in total. The molecular formula is C17H19N3O. The predicted molar refractivity (Wildman–Crippen MR) is 82.3 cm³/mol. The van der Waals surface area contributed by atoms with Crippen LogP contribution in [0.15, 0.2) is 28.8 Å². The van der Waals surface area contributed by atoms with E-state index in [1.54, 1.807) is 0 Å². The second kappa shape index (κ2) is 5.02. The highest BCUT2D eigenvalue weighted by Crippen LogP contribution is 2.52. The smallest absolute Gasteiger partial charge is 0.250 e. The zero-order valence-electron chi connectivity index (χ0n) is 11.9. The molecule has 2 aliphatic rings. The van der Waals surface area contributed by atoms with E-state index < -0.39 is 0 Å². The lowest BCUT2D eigenvalue weighted by molar-refractivity contribution is 0.365. The predicted octanol–water partition coefficient (Wildman–Crippen LogP) is 3.73. The van der Waals surface area contributed by atoms with Gasteiger partial charge in [-0.15, -0.1) is 0 Å². The van der Waals surface area contributed by atoms with Gasteiger partial charge in [-0.1, -0.05) is 23.7 Å². The maximum atomic E-state index is 5.76. The third-order valence-corrected chi connectivity index (χ3v) is 4.86. The van der Waals surface area contributed by atoms with Crippen molar-refractivity contribution in [2.45, 2.75) is 31.6 Å². The number of fused-ring (bicyclic) bond motifs is 2. The molecule has 2 fully saturated rings. The lowest BCUT2D eigenvalue weighted by Crippen LogP contribution is -2.09. The van der Waals surface area contributed by atoms with Crippen LogP contribution in [0.2, 0.25) is 0 Å². The number of benzene rings is 1. The van der Waals surface area contributed by atoms with E-state index in [9.17, 15) is 0 Å². The molecule has 4 rings (SSSR count). The molecule has 1 aromatic carbocycles. The largest absolute Gasteiger partial charge is 0.399 e. The molecule has 0 spiro atoms. The normalized spacial score (nSPS) is 27.7. The van der Waals surface area contributed by atoms with Gasteiger partial charge < -0.3 is 10.3 Å². The van der Waals surface area contributed by atoms with E-state index in [1.165, 1.54) is 25.7 Å². The first-order valence-corrected chi connectivity index (χ1v) is 7.65. The van der Waals surface area contributed by atoms with Gasteiger partial charge in [0.15, 0.2) is 5.82 Å². The molecule has 3 atom stereocenters. The zero-order valence-corrected chi connectivity index (χ0v) is 11.9.